The van der Waals surface area contributed by atoms with E-state index < -0.39 is 0 Å². The van der Waals surface area contributed by atoms with Crippen LogP contribution in [0.4, 0.5) is 5.69 Å². The fourth-order valence-corrected chi connectivity index (χ4v) is 10.2. The lowest BCUT2D eigenvalue weighted by molar-refractivity contribution is -0.926. The van der Waals surface area contributed by atoms with Gasteiger partial charge in [0.25, 0.3) is 5.91 Å². The highest BCUT2D eigenvalue weighted by atomic mass is 35.5. The third kappa shape index (κ3) is 11.0. The van der Waals surface area contributed by atoms with E-state index in [4.69, 9.17) is 4.42 Å². The lowest BCUT2D eigenvalue weighted by Crippen LogP contribution is -3.00. The van der Waals surface area contributed by atoms with Crippen LogP contribution in [-0.2, 0) is 6.54 Å². The van der Waals surface area contributed by atoms with Crippen LogP contribution in [0.3, 0.4) is 0 Å². The lowest BCUT2D eigenvalue weighted by Gasteiger charge is -2.42. The number of fused-ring (bicyclic) bond motifs is 2. The maximum Gasteiger partial charge on any atom is 0.254 e. The van der Waals surface area contributed by atoms with Crippen molar-refractivity contribution < 1.29 is 55.4 Å². The summed E-state index contributed by atoms with van der Waals surface area (Å²) in [5, 5.41) is 2.13. The molecule has 3 atom stereocenters. The van der Waals surface area contributed by atoms with Crippen LogP contribution in [0.2, 0.25) is 0 Å². The molecule has 0 radical (unpaired) electrons. The van der Waals surface area contributed by atoms with Crippen molar-refractivity contribution in [2.45, 2.75) is 66.3 Å². The first kappa shape index (κ1) is 50.1. The summed E-state index contributed by atoms with van der Waals surface area (Å²) in [6.45, 7) is 21.0. The Labute approximate surface area is 385 Å². The van der Waals surface area contributed by atoms with Crippen LogP contribution >= 0.6 is 0 Å². The molecule has 7 rings (SSSR count). The number of hydrogen-bond donors (Lipinski definition) is 0. The molecule has 0 N–H and O–H groups in total. The van der Waals surface area contributed by atoms with E-state index in [9.17, 15) is 4.79 Å². The molecular weight excluding hydrogens is 821 g/mol. The molecule has 0 aromatic heterocycles. The number of quaternary nitrogens is 2. The SMILES string of the molecule is CCC1C[N+](C)(C)CC1CCC(C)c1ccc(C[N+]2(C)CCN(C(=O)c3ccccc3-c3c4ccc(=[N+](C)CC)cc-4oc4cc(N(CC)CC)ccc34)CC2)cc1.[Cl-].[Cl-].[Cl-]. The summed E-state index contributed by atoms with van der Waals surface area (Å²) in [5.74, 6) is 3.23. The molecule has 0 bridgehead atoms. The molecule has 0 saturated carbocycles. The van der Waals surface area contributed by atoms with E-state index in [1.54, 1.807) is 0 Å². The number of amides is 1. The Hall–Kier alpha value is -3.59. The highest BCUT2D eigenvalue weighted by molar-refractivity contribution is 6.09. The fourth-order valence-electron chi connectivity index (χ4n) is 10.2. The Morgan fingerprint density at radius 2 is 1.51 bits per heavy atom. The second-order valence-corrected chi connectivity index (χ2v) is 18.5. The number of piperazine rings is 1. The van der Waals surface area contributed by atoms with E-state index in [0.29, 0.717) is 5.92 Å². The number of nitrogens with zero attached hydrogens (tertiary/aromatic N) is 5. The molecule has 61 heavy (non-hydrogen) atoms. The maximum absolute atomic E-state index is 14.6. The minimum absolute atomic E-state index is 0. The Balaban J connectivity index is 0.00000273. The quantitative estimate of drug-likeness (QED) is 0.0966. The zero-order valence-electron chi connectivity index (χ0n) is 38.2. The molecule has 10 heteroatoms. The van der Waals surface area contributed by atoms with E-state index in [1.165, 1.54) is 48.0 Å². The van der Waals surface area contributed by atoms with Gasteiger partial charge < -0.3 is 60.4 Å². The van der Waals surface area contributed by atoms with Crippen molar-refractivity contribution in [3.05, 3.63) is 107 Å². The van der Waals surface area contributed by atoms with E-state index >= 15 is 0 Å². The molecule has 7 nitrogen and oxygen atoms in total. The van der Waals surface area contributed by atoms with Crippen LogP contribution in [0.25, 0.3) is 33.4 Å². The highest BCUT2D eigenvalue weighted by Gasteiger charge is 2.39. The molecule has 3 aromatic carbocycles. The Morgan fingerprint density at radius 3 is 2.16 bits per heavy atom. The molecule has 1 amide bonds. The highest BCUT2D eigenvalue weighted by Crippen LogP contribution is 2.42. The van der Waals surface area contributed by atoms with Gasteiger partial charge in [0.2, 0.25) is 5.36 Å². The fraction of sp³-hybridized carbons (Fsp3) is 0.490. The largest absolute Gasteiger partial charge is 1.00 e. The Bertz CT molecular complexity index is 2260. The van der Waals surface area contributed by atoms with E-state index in [-0.39, 0.29) is 43.1 Å². The number of rotatable bonds is 13. The first-order valence-electron chi connectivity index (χ1n) is 22.3. The van der Waals surface area contributed by atoms with Gasteiger partial charge in [0.05, 0.1) is 66.5 Å². The van der Waals surface area contributed by atoms with E-state index in [2.05, 4.69) is 150 Å². The van der Waals surface area contributed by atoms with Crippen LogP contribution in [0.15, 0.2) is 89.3 Å². The molecule has 2 saturated heterocycles. The molecule has 1 aliphatic carbocycles. The van der Waals surface area contributed by atoms with Crippen molar-refractivity contribution in [3.63, 3.8) is 0 Å². The van der Waals surface area contributed by atoms with Crippen LogP contribution < -0.4 is 52.1 Å². The second-order valence-electron chi connectivity index (χ2n) is 18.5. The summed E-state index contributed by atoms with van der Waals surface area (Å²) in [4.78, 5) is 19.1. The lowest BCUT2D eigenvalue weighted by atomic mass is 9.85. The van der Waals surface area contributed by atoms with Crippen LogP contribution in [-0.4, -0.2) is 107 Å². The Kier molecular flexibility index (Phi) is 17.4. The first-order chi connectivity index (χ1) is 27.9. The third-order valence-electron chi connectivity index (χ3n) is 14.0. The standard InChI is InChI=1S/C51H70N5O2.3ClH/c1-10-39-35-55(7,8)36-41(39)21-18-37(5)40-22-19-38(20-23-40)34-56(9)30-28-54(29-31-56)51(57)45-17-15-14-16-44(45)50-46-26-24-42(52(6)11-2)32-48(46)58-49-33-43(25-27-47(49)50)53(12-3)13-4;;;/h14-17,19-20,22-27,32-33,37,39,41H,10-13,18,21,28-31,34-36H2,1-9H3;3*1H/q+3;;;/p-3. The van der Waals surface area contributed by atoms with Gasteiger partial charge in [-0.1, -0.05) is 56.3 Å². The zero-order valence-corrected chi connectivity index (χ0v) is 40.5. The van der Waals surface area contributed by atoms with Crippen molar-refractivity contribution in [1.29, 1.82) is 0 Å². The van der Waals surface area contributed by atoms with Gasteiger partial charge in [-0.15, -0.1) is 0 Å². The van der Waals surface area contributed by atoms with Gasteiger partial charge >= 0.3 is 0 Å². The molecular formula is C51H70Cl3N5O2. The number of carbonyl (C=O) groups excluding carboxylic acids is 1. The van der Waals surface area contributed by atoms with Gasteiger partial charge in [0.15, 0.2) is 0 Å². The van der Waals surface area contributed by atoms with Crippen molar-refractivity contribution in [3.8, 4) is 22.5 Å². The third-order valence-corrected chi connectivity index (χ3v) is 14.0. The number of anilines is 1. The van der Waals surface area contributed by atoms with Crippen molar-refractivity contribution in [2.75, 3.05) is 92.0 Å². The summed E-state index contributed by atoms with van der Waals surface area (Å²) in [6, 6.07) is 30.7. The van der Waals surface area contributed by atoms with Gasteiger partial charge in [-0.25, -0.2) is 4.58 Å². The summed E-state index contributed by atoms with van der Waals surface area (Å²) in [5.41, 5.74) is 8.60. The predicted octanol–water partition coefficient (Wildman–Crippen LogP) is 0.203. The molecule has 3 unspecified atom stereocenters. The molecule has 3 aliphatic heterocycles. The number of halogens is 3. The summed E-state index contributed by atoms with van der Waals surface area (Å²) >= 11 is 0. The van der Waals surface area contributed by atoms with Gasteiger partial charge in [0.1, 0.15) is 31.5 Å². The van der Waals surface area contributed by atoms with Gasteiger partial charge in [-0.05, 0) is 81.3 Å². The van der Waals surface area contributed by atoms with Crippen molar-refractivity contribution in [2.24, 2.45) is 11.8 Å². The minimum atomic E-state index is 0. The molecule has 2 fully saturated rings. The number of hydrogen-bond acceptors (Lipinski definition) is 3. The predicted molar refractivity (Wildman–Crippen MR) is 242 cm³/mol. The number of likely N-dealkylation sites (tertiary alicyclic amines) is 1. The summed E-state index contributed by atoms with van der Waals surface area (Å²) in [6.07, 6.45) is 3.91. The van der Waals surface area contributed by atoms with E-state index in [1.807, 2.05) is 12.1 Å². The van der Waals surface area contributed by atoms with E-state index in [0.717, 1.165) is 119 Å². The molecule has 3 heterocycles. The number of likely N-dealkylation sites (N-methyl/N-ethyl adjacent to an activating group) is 1. The van der Waals surface area contributed by atoms with Crippen LogP contribution in [0.1, 0.15) is 81.3 Å². The minimum Gasteiger partial charge on any atom is -1.00 e. The smallest absolute Gasteiger partial charge is 0.254 e. The molecule has 4 aliphatic rings. The summed E-state index contributed by atoms with van der Waals surface area (Å²) < 4.78 is 11.1. The molecule has 0 spiro atoms. The zero-order chi connectivity index (χ0) is 41.2. The number of carbonyl (C=O) groups is 1. The monoisotopic (exact) mass is 889 g/mol. The van der Waals surface area contributed by atoms with Gasteiger partial charge in [0, 0.05) is 70.4 Å². The average Bonchev–Trinajstić information content (AvgIpc) is 3.55. The molecule has 332 valence electrons. The topological polar surface area (TPSA) is 39.7 Å². The normalized spacial score (nSPS) is 19.1. The Morgan fingerprint density at radius 1 is 0.836 bits per heavy atom. The second kappa shape index (κ2) is 21.2. The first-order valence-corrected chi connectivity index (χ1v) is 22.3. The number of benzene rings is 4. The summed E-state index contributed by atoms with van der Waals surface area (Å²) in [7, 11) is 9.27. The van der Waals surface area contributed by atoms with Gasteiger partial charge in [-0.2, -0.15) is 0 Å². The molecule has 3 aromatic rings. The van der Waals surface area contributed by atoms with Crippen molar-refractivity contribution >= 4 is 22.6 Å². The van der Waals surface area contributed by atoms with Gasteiger partial charge in [-0.3, -0.25) is 4.79 Å². The van der Waals surface area contributed by atoms with Crippen molar-refractivity contribution in [1.82, 2.24) is 9.48 Å². The van der Waals surface area contributed by atoms with Crippen LogP contribution in [0, 0.1) is 11.8 Å². The van der Waals surface area contributed by atoms with Crippen LogP contribution in [0.5, 0.6) is 0 Å². The average molecular weight is 892 g/mol. The maximum atomic E-state index is 14.6.